The molecule has 0 saturated heterocycles. The van der Waals surface area contributed by atoms with Crippen LogP contribution in [0.1, 0.15) is 22.9 Å². The van der Waals surface area contributed by atoms with Gasteiger partial charge in [0.15, 0.2) is 5.13 Å². The summed E-state index contributed by atoms with van der Waals surface area (Å²) in [6.45, 7) is 2.31. The number of carbonyl (C=O) groups is 1. The average molecular weight is 386 g/mol. The highest BCUT2D eigenvalue weighted by atomic mass is 35.5. The molecular weight excluding hydrogens is 366 g/mol. The summed E-state index contributed by atoms with van der Waals surface area (Å²) in [6, 6.07) is 15.8. The number of carbonyl (C=O) groups excluding carboxylic acids is 1. The molecule has 0 fully saturated rings. The fraction of sp³-hybridized carbons (Fsp3) is 0.200. The van der Waals surface area contributed by atoms with E-state index in [-0.39, 0.29) is 12.5 Å². The van der Waals surface area contributed by atoms with Crippen LogP contribution in [0.2, 0.25) is 5.02 Å². The number of halogens is 1. The van der Waals surface area contributed by atoms with Crippen molar-refractivity contribution >= 4 is 39.7 Å². The minimum atomic E-state index is -0.108. The summed E-state index contributed by atoms with van der Waals surface area (Å²) in [5.41, 5.74) is 3.35. The van der Waals surface area contributed by atoms with Crippen LogP contribution in [-0.4, -0.2) is 17.4 Å². The molecule has 0 aliphatic heterocycles. The summed E-state index contributed by atoms with van der Waals surface area (Å²) in [4.78, 5) is 17.5. The molecule has 0 aliphatic rings. The van der Waals surface area contributed by atoms with Gasteiger partial charge in [-0.1, -0.05) is 48.9 Å². The van der Waals surface area contributed by atoms with Crippen LogP contribution in [0.25, 0.3) is 0 Å². The van der Waals surface area contributed by atoms with Crippen molar-refractivity contribution in [2.75, 3.05) is 17.2 Å². The second-order valence-electron chi connectivity index (χ2n) is 5.85. The maximum absolute atomic E-state index is 12.2. The van der Waals surface area contributed by atoms with Crippen LogP contribution in [0.5, 0.6) is 0 Å². The summed E-state index contributed by atoms with van der Waals surface area (Å²) in [5, 5.41) is 7.38. The number of benzene rings is 2. The molecule has 3 aromatic rings. The molecule has 3 rings (SSSR count). The lowest BCUT2D eigenvalue weighted by atomic mass is 10.1. The minimum Gasteiger partial charge on any atom is -0.376 e. The highest BCUT2D eigenvalue weighted by Gasteiger charge is 2.08. The third-order valence-electron chi connectivity index (χ3n) is 3.93. The molecule has 4 nitrogen and oxygen atoms in total. The second-order valence-corrected chi connectivity index (χ2v) is 7.40. The number of hydrogen-bond acceptors (Lipinski definition) is 4. The first kappa shape index (κ1) is 18.4. The quantitative estimate of drug-likeness (QED) is 0.601. The molecule has 2 N–H and O–H groups in total. The fourth-order valence-corrected chi connectivity index (χ4v) is 3.58. The number of aromatic nitrogens is 1. The van der Waals surface area contributed by atoms with Crippen LogP contribution in [0.15, 0.2) is 54.7 Å². The van der Waals surface area contributed by atoms with Crippen molar-refractivity contribution in [3.05, 3.63) is 75.8 Å². The van der Waals surface area contributed by atoms with E-state index in [4.69, 9.17) is 11.6 Å². The van der Waals surface area contributed by atoms with E-state index in [2.05, 4.69) is 28.6 Å². The SMILES string of the molecule is CCc1ccccc1NCC(=O)Nc1ncc(Cc2ccc(Cl)cc2)s1. The van der Waals surface area contributed by atoms with Crippen molar-refractivity contribution in [2.45, 2.75) is 19.8 Å². The standard InChI is InChI=1S/C20H20ClN3OS/c1-2-15-5-3-4-6-18(15)22-13-19(25)24-20-23-12-17(26-20)11-14-7-9-16(21)10-8-14/h3-10,12,22H,2,11,13H2,1H3,(H,23,24,25). The van der Waals surface area contributed by atoms with E-state index in [0.717, 1.165) is 34.0 Å². The van der Waals surface area contributed by atoms with Gasteiger partial charge < -0.3 is 10.6 Å². The molecule has 2 aromatic carbocycles. The van der Waals surface area contributed by atoms with Crippen LogP contribution in [0, 0.1) is 0 Å². The fourth-order valence-electron chi connectivity index (χ4n) is 2.59. The third kappa shape index (κ3) is 5.07. The van der Waals surface area contributed by atoms with Crippen LogP contribution < -0.4 is 10.6 Å². The van der Waals surface area contributed by atoms with Crippen molar-refractivity contribution in [3.63, 3.8) is 0 Å². The number of anilines is 2. The summed E-state index contributed by atoms with van der Waals surface area (Å²) < 4.78 is 0. The Morgan fingerprint density at radius 3 is 2.69 bits per heavy atom. The molecule has 0 aliphatic carbocycles. The van der Waals surface area contributed by atoms with Gasteiger partial charge in [-0.05, 0) is 35.7 Å². The van der Waals surface area contributed by atoms with Crippen molar-refractivity contribution in [2.24, 2.45) is 0 Å². The number of amides is 1. The molecule has 0 radical (unpaired) electrons. The Hall–Kier alpha value is -2.37. The number of thiazole rings is 1. The van der Waals surface area contributed by atoms with Gasteiger partial charge in [0.05, 0.1) is 6.54 Å². The van der Waals surface area contributed by atoms with Crippen LogP contribution in [-0.2, 0) is 17.6 Å². The van der Waals surface area contributed by atoms with E-state index < -0.39 is 0 Å². The first-order valence-corrected chi connectivity index (χ1v) is 9.64. The summed E-state index contributed by atoms with van der Waals surface area (Å²) >= 11 is 7.39. The smallest absolute Gasteiger partial charge is 0.245 e. The van der Waals surface area contributed by atoms with Crippen molar-refractivity contribution in [1.82, 2.24) is 4.98 Å². The molecule has 134 valence electrons. The van der Waals surface area contributed by atoms with E-state index in [1.807, 2.05) is 42.5 Å². The number of aryl methyl sites for hydroxylation is 1. The van der Waals surface area contributed by atoms with E-state index >= 15 is 0 Å². The molecule has 0 atom stereocenters. The van der Waals surface area contributed by atoms with Gasteiger partial charge in [0.25, 0.3) is 0 Å². The maximum atomic E-state index is 12.2. The Labute approximate surface area is 162 Å². The van der Waals surface area contributed by atoms with Crippen LogP contribution in [0.4, 0.5) is 10.8 Å². The van der Waals surface area contributed by atoms with Gasteiger partial charge in [-0.2, -0.15) is 0 Å². The molecule has 1 heterocycles. The van der Waals surface area contributed by atoms with Gasteiger partial charge >= 0.3 is 0 Å². The second kappa shape index (κ2) is 8.83. The average Bonchev–Trinajstić information content (AvgIpc) is 3.09. The van der Waals surface area contributed by atoms with E-state index in [9.17, 15) is 4.79 Å². The van der Waals surface area contributed by atoms with Gasteiger partial charge in [0, 0.05) is 28.2 Å². The lowest BCUT2D eigenvalue weighted by molar-refractivity contribution is -0.114. The summed E-state index contributed by atoms with van der Waals surface area (Å²) in [5.74, 6) is -0.108. The monoisotopic (exact) mass is 385 g/mol. The largest absolute Gasteiger partial charge is 0.376 e. The van der Waals surface area contributed by atoms with E-state index in [1.54, 1.807) is 6.20 Å². The van der Waals surface area contributed by atoms with Gasteiger partial charge in [0.2, 0.25) is 5.91 Å². The predicted molar refractivity (Wildman–Crippen MR) is 109 cm³/mol. The highest BCUT2D eigenvalue weighted by molar-refractivity contribution is 7.15. The molecule has 0 unspecified atom stereocenters. The molecule has 0 bridgehead atoms. The maximum Gasteiger partial charge on any atom is 0.245 e. The Balaban J connectivity index is 1.53. The van der Waals surface area contributed by atoms with Crippen LogP contribution in [0.3, 0.4) is 0 Å². The van der Waals surface area contributed by atoms with Crippen LogP contribution >= 0.6 is 22.9 Å². The van der Waals surface area contributed by atoms with E-state index in [1.165, 1.54) is 16.9 Å². The van der Waals surface area contributed by atoms with Crippen molar-refractivity contribution in [3.8, 4) is 0 Å². The van der Waals surface area contributed by atoms with Crippen molar-refractivity contribution in [1.29, 1.82) is 0 Å². The Kier molecular flexibility index (Phi) is 6.26. The zero-order chi connectivity index (χ0) is 18.4. The lowest BCUT2D eigenvalue weighted by Gasteiger charge is -2.10. The molecule has 0 spiro atoms. The Bertz CT molecular complexity index is 877. The van der Waals surface area contributed by atoms with Gasteiger partial charge in [-0.25, -0.2) is 4.98 Å². The Morgan fingerprint density at radius 2 is 1.92 bits per heavy atom. The molecule has 6 heteroatoms. The zero-order valence-electron chi connectivity index (χ0n) is 14.5. The lowest BCUT2D eigenvalue weighted by Crippen LogP contribution is -2.22. The first-order valence-electron chi connectivity index (χ1n) is 8.45. The normalized spacial score (nSPS) is 10.5. The van der Waals surface area contributed by atoms with Gasteiger partial charge in [0.1, 0.15) is 0 Å². The Morgan fingerprint density at radius 1 is 1.15 bits per heavy atom. The van der Waals surface area contributed by atoms with E-state index in [0.29, 0.717) is 5.13 Å². The molecular formula is C20H20ClN3OS. The summed E-state index contributed by atoms with van der Waals surface area (Å²) in [6.07, 6.45) is 3.49. The summed E-state index contributed by atoms with van der Waals surface area (Å²) in [7, 11) is 0. The molecule has 0 saturated carbocycles. The molecule has 1 aromatic heterocycles. The van der Waals surface area contributed by atoms with Crippen molar-refractivity contribution < 1.29 is 4.79 Å². The number of para-hydroxylation sites is 1. The number of rotatable bonds is 7. The third-order valence-corrected chi connectivity index (χ3v) is 5.09. The molecule has 26 heavy (non-hydrogen) atoms. The molecule has 1 amide bonds. The number of nitrogens with zero attached hydrogens (tertiary/aromatic N) is 1. The highest BCUT2D eigenvalue weighted by Crippen LogP contribution is 2.22. The number of hydrogen-bond donors (Lipinski definition) is 2. The van der Waals surface area contributed by atoms with Gasteiger partial charge in [-0.3, -0.25) is 4.79 Å². The topological polar surface area (TPSA) is 54.0 Å². The van der Waals surface area contributed by atoms with Gasteiger partial charge in [-0.15, -0.1) is 11.3 Å². The predicted octanol–water partition coefficient (Wildman–Crippen LogP) is 5.00. The number of nitrogens with one attached hydrogen (secondary N) is 2. The zero-order valence-corrected chi connectivity index (χ0v) is 16.0. The minimum absolute atomic E-state index is 0.108. The first-order chi connectivity index (χ1) is 12.6.